The van der Waals surface area contributed by atoms with Crippen molar-refractivity contribution in [2.24, 2.45) is 5.84 Å². The van der Waals surface area contributed by atoms with Gasteiger partial charge in [0.15, 0.2) is 0 Å². The largest absolute Gasteiger partial charge is 0.314 e. The summed E-state index contributed by atoms with van der Waals surface area (Å²) in [6.45, 7) is 3.83. The highest BCUT2D eigenvalue weighted by atomic mass is 32.1. The Balaban J connectivity index is 2.44. The van der Waals surface area contributed by atoms with Crippen LogP contribution in [0.15, 0.2) is 36.4 Å². The summed E-state index contributed by atoms with van der Waals surface area (Å²) < 4.78 is 0. The lowest BCUT2D eigenvalue weighted by molar-refractivity contribution is 1.01. The predicted molar refractivity (Wildman–Crippen MR) is 80.2 cm³/mol. The minimum Gasteiger partial charge on any atom is -0.314 e. The predicted octanol–water partition coefficient (Wildman–Crippen LogP) is 3.27. The monoisotopic (exact) mass is 257 g/mol. The second-order valence-corrected chi connectivity index (χ2v) is 4.72. The van der Waals surface area contributed by atoms with E-state index < -0.39 is 0 Å². The molecule has 0 radical (unpaired) electrons. The first kappa shape index (κ1) is 12.5. The van der Waals surface area contributed by atoms with E-state index in [1.54, 1.807) is 22.5 Å². The Bertz CT molecular complexity index is 556. The van der Waals surface area contributed by atoms with Gasteiger partial charge in [0.05, 0.1) is 5.69 Å². The summed E-state index contributed by atoms with van der Waals surface area (Å²) in [7, 11) is 1.82. The number of hydrogen-bond acceptors (Lipinski definition) is 4. The molecule has 0 atom stereocenters. The summed E-state index contributed by atoms with van der Waals surface area (Å²) in [6.07, 6.45) is 7.63. The molecule has 92 valence electrons. The topological polar surface area (TPSA) is 42.1 Å². The van der Waals surface area contributed by atoms with Crippen LogP contribution in [-0.4, -0.2) is 12.0 Å². The van der Waals surface area contributed by atoms with Crippen molar-refractivity contribution in [2.45, 2.75) is 0 Å². The molecule has 0 unspecified atom stereocenters. The van der Waals surface area contributed by atoms with E-state index in [9.17, 15) is 0 Å². The molecule has 18 heavy (non-hydrogen) atoms. The van der Waals surface area contributed by atoms with Crippen molar-refractivity contribution < 1.29 is 0 Å². The lowest BCUT2D eigenvalue weighted by atomic mass is 10.0. The van der Waals surface area contributed by atoms with Gasteiger partial charge < -0.3 is 5.01 Å². The molecule has 1 aromatic heterocycles. The van der Waals surface area contributed by atoms with Crippen LogP contribution in [0.4, 0.5) is 5.69 Å². The van der Waals surface area contributed by atoms with Crippen molar-refractivity contribution in [3.8, 4) is 0 Å². The van der Waals surface area contributed by atoms with Gasteiger partial charge in [-0.2, -0.15) is 0 Å². The Hall–Kier alpha value is -1.91. The molecule has 0 aliphatic carbocycles. The molecule has 0 spiro atoms. The van der Waals surface area contributed by atoms with Crippen LogP contribution >= 0.6 is 11.3 Å². The molecule has 0 bridgehead atoms. The van der Waals surface area contributed by atoms with Crippen molar-refractivity contribution >= 4 is 35.3 Å². The van der Waals surface area contributed by atoms with Gasteiger partial charge in [-0.15, -0.1) is 11.3 Å². The third-order valence-electron chi connectivity index (χ3n) is 2.56. The fourth-order valence-corrected chi connectivity index (χ4v) is 2.24. The minimum absolute atomic E-state index is 0.959. The Kier molecular flexibility index (Phi) is 3.92. The molecule has 0 aliphatic heterocycles. The number of hydrazine groups is 1. The van der Waals surface area contributed by atoms with Gasteiger partial charge in [0.1, 0.15) is 5.01 Å². The molecule has 0 saturated carbocycles. The number of nitrogens with two attached hydrogens (primary N) is 1. The maximum absolute atomic E-state index is 5.84. The third kappa shape index (κ3) is 2.67. The molecular formula is C14H15N3S. The van der Waals surface area contributed by atoms with E-state index in [1.165, 1.54) is 0 Å². The molecule has 4 heteroatoms. The van der Waals surface area contributed by atoms with E-state index in [-0.39, 0.29) is 0 Å². The summed E-state index contributed by atoms with van der Waals surface area (Å²) >= 11 is 1.60. The van der Waals surface area contributed by atoms with E-state index in [4.69, 9.17) is 5.84 Å². The Morgan fingerprint density at radius 1 is 1.39 bits per heavy atom. The van der Waals surface area contributed by atoms with Crippen LogP contribution in [0.25, 0.3) is 18.2 Å². The zero-order valence-electron chi connectivity index (χ0n) is 10.2. The van der Waals surface area contributed by atoms with Crippen LogP contribution in [0.3, 0.4) is 0 Å². The highest BCUT2D eigenvalue weighted by molar-refractivity contribution is 7.10. The van der Waals surface area contributed by atoms with Crippen LogP contribution in [0.5, 0.6) is 0 Å². The lowest BCUT2D eigenvalue weighted by Gasteiger charge is -2.16. The molecular weight excluding hydrogens is 242 g/mol. The SMILES string of the molecule is C=Cc1cccc(N(C)N)c1/C=C/c1nccs1. The van der Waals surface area contributed by atoms with Crippen molar-refractivity contribution in [1.82, 2.24) is 4.98 Å². The van der Waals surface area contributed by atoms with Crippen LogP contribution < -0.4 is 10.9 Å². The van der Waals surface area contributed by atoms with Gasteiger partial charge in [0, 0.05) is 24.2 Å². The number of anilines is 1. The number of nitrogens with zero attached hydrogens (tertiary/aromatic N) is 2. The second-order valence-electron chi connectivity index (χ2n) is 3.80. The fraction of sp³-hybridized carbons (Fsp3) is 0.0714. The number of hydrogen-bond donors (Lipinski definition) is 1. The quantitative estimate of drug-likeness (QED) is 0.675. The van der Waals surface area contributed by atoms with Gasteiger partial charge in [-0.25, -0.2) is 10.8 Å². The number of thiazole rings is 1. The molecule has 0 saturated heterocycles. The first-order valence-electron chi connectivity index (χ1n) is 5.54. The molecule has 3 nitrogen and oxygen atoms in total. The zero-order chi connectivity index (χ0) is 13.0. The average molecular weight is 257 g/mol. The highest BCUT2D eigenvalue weighted by Gasteiger charge is 2.05. The van der Waals surface area contributed by atoms with Gasteiger partial charge >= 0.3 is 0 Å². The van der Waals surface area contributed by atoms with Gasteiger partial charge in [-0.1, -0.05) is 24.8 Å². The molecule has 1 heterocycles. The smallest absolute Gasteiger partial charge is 0.116 e. The van der Waals surface area contributed by atoms with Crippen LogP contribution in [0, 0.1) is 0 Å². The molecule has 2 N–H and O–H groups in total. The van der Waals surface area contributed by atoms with Crippen molar-refractivity contribution in [2.75, 3.05) is 12.1 Å². The van der Waals surface area contributed by atoms with Crippen LogP contribution in [-0.2, 0) is 0 Å². The zero-order valence-corrected chi connectivity index (χ0v) is 11.0. The van der Waals surface area contributed by atoms with Gasteiger partial charge in [0.25, 0.3) is 0 Å². The molecule has 2 rings (SSSR count). The van der Waals surface area contributed by atoms with E-state index >= 15 is 0 Å². The number of rotatable bonds is 4. The van der Waals surface area contributed by atoms with Gasteiger partial charge in [-0.05, 0) is 23.8 Å². The third-order valence-corrected chi connectivity index (χ3v) is 3.30. The minimum atomic E-state index is 0.959. The first-order valence-corrected chi connectivity index (χ1v) is 6.42. The van der Waals surface area contributed by atoms with Crippen LogP contribution in [0.1, 0.15) is 16.1 Å². The van der Waals surface area contributed by atoms with Crippen molar-refractivity contribution in [3.05, 3.63) is 52.5 Å². The summed E-state index contributed by atoms with van der Waals surface area (Å²) in [4.78, 5) is 4.22. The standard InChI is InChI=1S/C14H15N3S/c1-3-11-5-4-6-13(17(2)15)12(11)7-8-14-16-9-10-18-14/h3-10H,1,15H2,2H3/b8-7+. The highest BCUT2D eigenvalue weighted by Crippen LogP contribution is 2.25. The molecule has 0 aliphatic rings. The summed E-state index contributed by atoms with van der Waals surface area (Å²) in [5, 5.41) is 4.53. The lowest BCUT2D eigenvalue weighted by Crippen LogP contribution is -2.25. The Labute approximate surface area is 111 Å². The molecule has 0 amide bonds. The Morgan fingerprint density at radius 3 is 2.83 bits per heavy atom. The summed E-state index contributed by atoms with van der Waals surface area (Å²) in [5.41, 5.74) is 3.06. The average Bonchev–Trinajstić information content (AvgIpc) is 2.88. The van der Waals surface area contributed by atoms with Gasteiger partial charge in [-0.3, -0.25) is 0 Å². The summed E-state index contributed by atoms with van der Waals surface area (Å²) in [6, 6.07) is 5.96. The number of aromatic nitrogens is 1. The second kappa shape index (κ2) is 5.62. The van der Waals surface area contributed by atoms with E-state index in [0.717, 1.165) is 21.8 Å². The normalized spacial score (nSPS) is 10.8. The Morgan fingerprint density at radius 2 is 2.22 bits per heavy atom. The van der Waals surface area contributed by atoms with Crippen molar-refractivity contribution in [3.63, 3.8) is 0 Å². The maximum Gasteiger partial charge on any atom is 0.116 e. The molecule has 2 aromatic rings. The first-order chi connectivity index (χ1) is 8.72. The summed E-state index contributed by atoms with van der Waals surface area (Å²) in [5.74, 6) is 5.84. The number of benzene rings is 1. The van der Waals surface area contributed by atoms with Crippen molar-refractivity contribution in [1.29, 1.82) is 0 Å². The maximum atomic E-state index is 5.84. The molecule has 1 aromatic carbocycles. The van der Waals surface area contributed by atoms with E-state index in [2.05, 4.69) is 11.6 Å². The van der Waals surface area contributed by atoms with E-state index in [0.29, 0.717) is 0 Å². The van der Waals surface area contributed by atoms with Crippen LogP contribution in [0.2, 0.25) is 0 Å². The van der Waals surface area contributed by atoms with Gasteiger partial charge in [0.2, 0.25) is 0 Å². The fourth-order valence-electron chi connectivity index (χ4n) is 1.71. The van der Waals surface area contributed by atoms with E-state index in [1.807, 2.05) is 48.9 Å². The molecule has 0 fully saturated rings.